The van der Waals surface area contributed by atoms with Crippen LogP contribution < -0.4 is 5.73 Å². The molecule has 0 spiro atoms. The first-order valence-corrected chi connectivity index (χ1v) is 7.82. The summed E-state index contributed by atoms with van der Waals surface area (Å²) in [6.45, 7) is 8.00. The molecule has 2 rings (SSSR count). The Balaban J connectivity index is 1.92. The third-order valence-electron chi connectivity index (χ3n) is 3.75. The molecule has 0 radical (unpaired) electrons. The predicted octanol–water partition coefficient (Wildman–Crippen LogP) is 1.87. The maximum Gasteiger partial charge on any atom is 0.307 e. The predicted molar refractivity (Wildman–Crippen MR) is 88.4 cm³/mol. The number of ether oxygens (including phenoxy) is 1. The zero-order valence-corrected chi connectivity index (χ0v) is 14.0. The summed E-state index contributed by atoms with van der Waals surface area (Å²) in [5.41, 5.74) is 8.35. The van der Waals surface area contributed by atoms with Crippen LogP contribution in [0.4, 0.5) is 0 Å². The molecule has 1 aromatic rings. The van der Waals surface area contributed by atoms with Crippen molar-refractivity contribution in [1.82, 2.24) is 4.90 Å². The van der Waals surface area contributed by atoms with E-state index >= 15 is 0 Å². The largest absolute Gasteiger partial charge is 0.460 e. The van der Waals surface area contributed by atoms with Crippen LogP contribution in [0.15, 0.2) is 23.4 Å². The third kappa shape index (κ3) is 4.96. The van der Waals surface area contributed by atoms with Gasteiger partial charge in [0, 0.05) is 25.2 Å². The molecule has 126 valence electrons. The number of carbonyl (C=O) groups is 1. The number of rotatable bonds is 4. The maximum absolute atomic E-state index is 11.8. The molecule has 0 saturated heterocycles. The van der Waals surface area contributed by atoms with E-state index < -0.39 is 5.60 Å². The zero-order valence-electron chi connectivity index (χ0n) is 14.0. The molecule has 0 unspecified atom stereocenters. The average Bonchev–Trinajstić information content (AvgIpc) is 2.49. The lowest BCUT2D eigenvalue weighted by Gasteiger charge is -2.29. The van der Waals surface area contributed by atoms with Crippen LogP contribution in [0.2, 0.25) is 0 Å². The molecule has 0 aromatic heterocycles. The van der Waals surface area contributed by atoms with E-state index in [1.165, 1.54) is 11.1 Å². The fraction of sp³-hybridized carbons (Fsp3) is 0.529. The molecule has 1 heterocycles. The summed E-state index contributed by atoms with van der Waals surface area (Å²) in [5, 5.41) is 11.8. The van der Waals surface area contributed by atoms with Gasteiger partial charge in [0.1, 0.15) is 5.60 Å². The second-order valence-corrected chi connectivity index (χ2v) is 6.83. The number of benzene rings is 1. The van der Waals surface area contributed by atoms with Crippen LogP contribution in [-0.2, 0) is 22.5 Å². The molecule has 23 heavy (non-hydrogen) atoms. The molecule has 6 heteroatoms. The zero-order chi connectivity index (χ0) is 17.0. The van der Waals surface area contributed by atoms with Crippen molar-refractivity contribution >= 4 is 11.8 Å². The van der Waals surface area contributed by atoms with Crippen molar-refractivity contribution in [1.29, 1.82) is 0 Å². The molecule has 0 fully saturated rings. The van der Waals surface area contributed by atoms with Crippen molar-refractivity contribution < 1.29 is 14.7 Å². The first-order valence-electron chi connectivity index (χ1n) is 7.82. The van der Waals surface area contributed by atoms with E-state index in [0.717, 1.165) is 25.1 Å². The molecular weight excluding hydrogens is 294 g/mol. The van der Waals surface area contributed by atoms with E-state index in [4.69, 9.17) is 15.7 Å². The molecule has 6 nitrogen and oxygen atoms in total. The van der Waals surface area contributed by atoms with Gasteiger partial charge in [0.2, 0.25) is 0 Å². The fourth-order valence-electron chi connectivity index (χ4n) is 2.66. The van der Waals surface area contributed by atoms with Crippen LogP contribution in [0.5, 0.6) is 0 Å². The molecule has 1 aliphatic heterocycles. The lowest BCUT2D eigenvalue weighted by molar-refractivity contribution is -0.155. The minimum absolute atomic E-state index is 0.125. The van der Waals surface area contributed by atoms with Gasteiger partial charge in [0.15, 0.2) is 5.84 Å². The summed E-state index contributed by atoms with van der Waals surface area (Å²) in [7, 11) is 0. The number of hydrogen-bond acceptors (Lipinski definition) is 5. The topological polar surface area (TPSA) is 88.2 Å². The molecule has 0 amide bonds. The summed E-state index contributed by atoms with van der Waals surface area (Å²) in [5.74, 6) is -0.0364. The van der Waals surface area contributed by atoms with Gasteiger partial charge in [-0.15, -0.1) is 0 Å². The van der Waals surface area contributed by atoms with E-state index in [1.807, 2.05) is 39.0 Å². The monoisotopic (exact) mass is 319 g/mol. The Bertz CT molecular complexity index is 606. The van der Waals surface area contributed by atoms with Crippen molar-refractivity contribution in [2.24, 2.45) is 10.9 Å². The van der Waals surface area contributed by atoms with Crippen LogP contribution in [0.3, 0.4) is 0 Å². The summed E-state index contributed by atoms with van der Waals surface area (Å²) in [6, 6.07) is 5.82. The van der Waals surface area contributed by atoms with Gasteiger partial charge in [-0.05, 0) is 44.4 Å². The van der Waals surface area contributed by atoms with Crippen LogP contribution in [0.25, 0.3) is 0 Å². The molecule has 0 atom stereocenters. The van der Waals surface area contributed by atoms with Crippen LogP contribution in [-0.4, -0.2) is 40.6 Å². The van der Waals surface area contributed by atoms with E-state index in [0.29, 0.717) is 13.0 Å². The van der Waals surface area contributed by atoms with Crippen molar-refractivity contribution in [3.8, 4) is 0 Å². The minimum Gasteiger partial charge on any atom is -0.460 e. The number of oxime groups is 1. The van der Waals surface area contributed by atoms with Gasteiger partial charge in [0.25, 0.3) is 0 Å². The van der Waals surface area contributed by atoms with Gasteiger partial charge in [-0.3, -0.25) is 9.69 Å². The van der Waals surface area contributed by atoms with Crippen molar-refractivity contribution in [3.05, 3.63) is 34.9 Å². The number of amidine groups is 1. The molecule has 3 N–H and O–H groups in total. The number of esters is 1. The Kier molecular flexibility index (Phi) is 5.26. The van der Waals surface area contributed by atoms with Crippen LogP contribution >= 0.6 is 0 Å². The maximum atomic E-state index is 11.8. The third-order valence-corrected chi connectivity index (χ3v) is 3.75. The molecule has 0 bridgehead atoms. The van der Waals surface area contributed by atoms with Gasteiger partial charge in [-0.25, -0.2) is 0 Å². The highest BCUT2D eigenvalue weighted by Gasteiger charge is 2.20. The molecular formula is C17H25N3O3. The Labute approximate surface area is 136 Å². The molecule has 1 aromatic carbocycles. The quantitative estimate of drug-likeness (QED) is 0.291. The van der Waals surface area contributed by atoms with E-state index in [-0.39, 0.29) is 11.8 Å². The number of nitrogens with zero attached hydrogens (tertiary/aromatic N) is 2. The molecule has 1 aliphatic rings. The number of fused-ring (bicyclic) bond motifs is 1. The first kappa shape index (κ1) is 17.3. The van der Waals surface area contributed by atoms with E-state index in [2.05, 4.69) is 10.1 Å². The smallest absolute Gasteiger partial charge is 0.307 e. The fourth-order valence-corrected chi connectivity index (χ4v) is 2.66. The van der Waals surface area contributed by atoms with Gasteiger partial charge in [-0.2, -0.15) is 0 Å². The second kappa shape index (κ2) is 7.00. The van der Waals surface area contributed by atoms with Crippen molar-refractivity contribution in [2.75, 3.05) is 13.1 Å². The van der Waals surface area contributed by atoms with Gasteiger partial charge in [0.05, 0.1) is 6.42 Å². The summed E-state index contributed by atoms with van der Waals surface area (Å²) < 4.78 is 5.34. The Hall–Kier alpha value is -2.08. The van der Waals surface area contributed by atoms with E-state index in [9.17, 15) is 4.79 Å². The first-order chi connectivity index (χ1) is 10.8. The summed E-state index contributed by atoms with van der Waals surface area (Å²) in [6.07, 6.45) is 1.28. The Morgan fingerprint density at radius 3 is 2.78 bits per heavy atom. The van der Waals surface area contributed by atoms with Gasteiger partial charge < -0.3 is 15.7 Å². The SMILES string of the molecule is CC(C)(C)OC(=O)CCN1CCc2cc(C(N)=NO)ccc2C1. The minimum atomic E-state index is -0.434. The lowest BCUT2D eigenvalue weighted by atomic mass is 9.97. The Morgan fingerprint density at radius 2 is 2.13 bits per heavy atom. The highest BCUT2D eigenvalue weighted by atomic mass is 16.6. The molecule has 0 aliphatic carbocycles. The van der Waals surface area contributed by atoms with Crippen molar-refractivity contribution in [2.45, 2.75) is 45.8 Å². The van der Waals surface area contributed by atoms with Gasteiger partial charge in [-0.1, -0.05) is 17.3 Å². The normalized spacial score (nSPS) is 16.0. The highest BCUT2D eigenvalue weighted by Crippen LogP contribution is 2.21. The van der Waals surface area contributed by atoms with Crippen LogP contribution in [0.1, 0.15) is 43.9 Å². The summed E-state index contributed by atoms with van der Waals surface area (Å²) >= 11 is 0. The van der Waals surface area contributed by atoms with Crippen LogP contribution in [0, 0.1) is 0 Å². The number of nitrogens with two attached hydrogens (primary N) is 1. The lowest BCUT2D eigenvalue weighted by Crippen LogP contribution is -2.34. The average molecular weight is 319 g/mol. The number of hydrogen-bond donors (Lipinski definition) is 2. The van der Waals surface area contributed by atoms with E-state index in [1.54, 1.807) is 0 Å². The van der Waals surface area contributed by atoms with Gasteiger partial charge >= 0.3 is 5.97 Å². The molecule has 0 saturated carbocycles. The highest BCUT2D eigenvalue weighted by molar-refractivity contribution is 5.97. The second-order valence-electron chi connectivity index (χ2n) is 6.83. The number of carbonyl (C=O) groups excluding carboxylic acids is 1. The van der Waals surface area contributed by atoms with Crippen molar-refractivity contribution in [3.63, 3.8) is 0 Å². The Morgan fingerprint density at radius 1 is 1.39 bits per heavy atom. The standard InChI is InChI=1S/C17H25N3O3/c1-17(2,3)23-15(21)7-9-20-8-6-12-10-13(16(18)19-22)4-5-14(12)11-20/h4-5,10,22H,6-9,11H2,1-3H3,(H2,18,19). The summed E-state index contributed by atoms with van der Waals surface area (Å²) in [4.78, 5) is 14.0.